The van der Waals surface area contributed by atoms with Crippen LogP contribution in [0.5, 0.6) is 0 Å². The van der Waals surface area contributed by atoms with Crippen LogP contribution in [0.1, 0.15) is 35.6 Å². The molecule has 0 aliphatic carbocycles. The lowest BCUT2D eigenvalue weighted by Crippen LogP contribution is -2.35. The van der Waals surface area contributed by atoms with Gasteiger partial charge in [-0.05, 0) is 32.4 Å². The van der Waals surface area contributed by atoms with Crippen molar-refractivity contribution in [1.82, 2.24) is 9.88 Å². The number of hydrogen-bond donors (Lipinski definition) is 0. The van der Waals surface area contributed by atoms with E-state index < -0.39 is 0 Å². The normalized spacial score (nSPS) is 12.4. The van der Waals surface area contributed by atoms with E-state index >= 15 is 0 Å². The number of hydrogen-bond acceptors (Lipinski definition) is 4. The first-order valence-electron chi connectivity index (χ1n) is 6.33. The van der Waals surface area contributed by atoms with Gasteiger partial charge in [0.05, 0.1) is 6.26 Å². The Morgan fingerprint density at radius 3 is 2.89 bits per heavy atom. The molecule has 2 heterocycles. The molecule has 1 unspecified atom stereocenters. The highest BCUT2D eigenvalue weighted by Gasteiger charge is 2.22. The number of amides is 1. The number of aryl methyl sites for hydroxylation is 1. The van der Waals surface area contributed by atoms with Crippen LogP contribution in [0.15, 0.2) is 22.8 Å². The fourth-order valence-corrected chi connectivity index (χ4v) is 2.61. The van der Waals surface area contributed by atoms with E-state index in [0.717, 1.165) is 16.3 Å². The van der Waals surface area contributed by atoms with Crippen LogP contribution >= 0.6 is 11.3 Å². The average Bonchev–Trinajstić information content (AvgIpc) is 3.04. The number of carbonyl (C=O) groups is 1. The lowest BCUT2D eigenvalue weighted by Gasteiger charge is -2.23. The van der Waals surface area contributed by atoms with Crippen LogP contribution in [0, 0.1) is 6.92 Å². The molecule has 1 amide bonds. The summed E-state index contributed by atoms with van der Waals surface area (Å²) in [5.74, 6) is 0.680. The summed E-state index contributed by atoms with van der Waals surface area (Å²) in [5.41, 5.74) is 0.527. The molecule has 0 aromatic carbocycles. The molecule has 2 rings (SSSR count). The van der Waals surface area contributed by atoms with Crippen molar-refractivity contribution in [2.45, 2.75) is 33.2 Å². The molecule has 0 aliphatic heterocycles. The van der Waals surface area contributed by atoms with Gasteiger partial charge in [0.25, 0.3) is 5.91 Å². The standard InChI is InChI=1S/C14H18N2O2S/c1-5-9(2)16(4)14(17)12-10(3)19-13(15-12)11-7-6-8-18-11/h6-9H,5H2,1-4H3. The van der Waals surface area contributed by atoms with E-state index in [1.54, 1.807) is 11.2 Å². The summed E-state index contributed by atoms with van der Waals surface area (Å²) < 4.78 is 5.32. The summed E-state index contributed by atoms with van der Waals surface area (Å²) in [6, 6.07) is 3.88. The molecule has 4 nitrogen and oxygen atoms in total. The first-order chi connectivity index (χ1) is 9.04. The molecule has 0 spiro atoms. The minimum atomic E-state index is -0.0269. The van der Waals surface area contributed by atoms with Gasteiger partial charge in [-0.1, -0.05) is 6.92 Å². The van der Waals surface area contributed by atoms with Crippen LogP contribution in [-0.2, 0) is 0 Å². The van der Waals surface area contributed by atoms with Crippen LogP contribution in [0.3, 0.4) is 0 Å². The van der Waals surface area contributed by atoms with Crippen molar-refractivity contribution in [1.29, 1.82) is 0 Å². The van der Waals surface area contributed by atoms with Gasteiger partial charge < -0.3 is 9.32 Å². The highest BCUT2D eigenvalue weighted by molar-refractivity contribution is 7.15. The third-order valence-electron chi connectivity index (χ3n) is 3.30. The molecule has 0 radical (unpaired) electrons. The SMILES string of the molecule is CCC(C)N(C)C(=O)c1nc(-c2ccco2)sc1C. The number of aromatic nitrogens is 1. The second-order valence-corrected chi connectivity index (χ2v) is 5.78. The van der Waals surface area contributed by atoms with Crippen molar-refractivity contribution in [3.8, 4) is 10.8 Å². The fraction of sp³-hybridized carbons (Fsp3) is 0.429. The summed E-state index contributed by atoms with van der Waals surface area (Å²) in [4.78, 5) is 19.5. The number of nitrogens with zero attached hydrogens (tertiary/aromatic N) is 2. The summed E-state index contributed by atoms with van der Waals surface area (Å²) in [5, 5.41) is 0.753. The molecule has 2 aromatic heterocycles. The first kappa shape index (κ1) is 13.8. The number of rotatable bonds is 4. The van der Waals surface area contributed by atoms with E-state index in [2.05, 4.69) is 11.9 Å². The molecule has 102 valence electrons. The van der Waals surface area contributed by atoms with E-state index in [-0.39, 0.29) is 11.9 Å². The largest absolute Gasteiger partial charge is 0.462 e. The molecular weight excluding hydrogens is 260 g/mol. The monoisotopic (exact) mass is 278 g/mol. The van der Waals surface area contributed by atoms with Gasteiger partial charge in [-0.3, -0.25) is 4.79 Å². The smallest absolute Gasteiger partial charge is 0.273 e. The van der Waals surface area contributed by atoms with Gasteiger partial charge in [-0.25, -0.2) is 4.98 Å². The van der Waals surface area contributed by atoms with Crippen LogP contribution in [0.25, 0.3) is 10.8 Å². The summed E-state index contributed by atoms with van der Waals surface area (Å²) in [6.45, 7) is 6.02. The molecule has 5 heteroatoms. The molecule has 0 fully saturated rings. The van der Waals surface area contributed by atoms with Gasteiger partial charge in [0.2, 0.25) is 0 Å². The molecule has 1 atom stereocenters. The van der Waals surface area contributed by atoms with E-state index in [9.17, 15) is 4.79 Å². The highest BCUT2D eigenvalue weighted by Crippen LogP contribution is 2.28. The fourth-order valence-electron chi connectivity index (χ4n) is 1.74. The minimum absolute atomic E-state index is 0.0269. The Morgan fingerprint density at radius 2 is 2.32 bits per heavy atom. The summed E-state index contributed by atoms with van der Waals surface area (Å²) in [6.07, 6.45) is 2.54. The lowest BCUT2D eigenvalue weighted by molar-refractivity contribution is 0.0735. The van der Waals surface area contributed by atoms with Crippen molar-refractivity contribution in [3.63, 3.8) is 0 Å². The molecule has 0 N–H and O–H groups in total. The Bertz CT molecular complexity index is 560. The second kappa shape index (κ2) is 5.57. The van der Waals surface area contributed by atoms with Gasteiger partial charge in [-0.15, -0.1) is 11.3 Å². The Hall–Kier alpha value is -1.62. The Balaban J connectivity index is 2.28. The Labute approximate surface area is 117 Å². The minimum Gasteiger partial charge on any atom is -0.462 e. The van der Waals surface area contributed by atoms with E-state index in [4.69, 9.17) is 4.42 Å². The second-order valence-electron chi connectivity index (χ2n) is 4.57. The Morgan fingerprint density at radius 1 is 1.58 bits per heavy atom. The van der Waals surface area contributed by atoms with Crippen molar-refractivity contribution in [3.05, 3.63) is 29.0 Å². The maximum Gasteiger partial charge on any atom is 0.273 e. The van der Waals surface area contributed by atoms with E-state index in [0.29, 0.717) is 11.5 Å². The zero-order valence-corrected chi connectivity index (χ0v) is 12.5. The maximum atomic E-state index is 12.4. The third kappa shape index (κ3) is 2.71. The summed E-state index contributed by atoms with van der Waals surface area (Å²) in [7, 11) is 1.82. The summed E-state index contributed by atoms with van der Waals surface area (Å²) >= 11 is 1.48. The van der Waals surface area contributed by atoms with Crippen molar-refractivity contribution < 1.29 is 9.21 Å². The molecular formula is C14H18N2O2S. The van der Waals surface area contributed by atoms with Gasteiger partial charge in [0, 0.05) is 18.0 Å². The van der Waals surface area contributed by atoms with Crippen molar-refractivity contribution in [2.75, 3.05) is 7.05 Å². The quantitative estimate of drug-likeness (QED) is 0.858. The van der Waals surface area contributed by atoms with Crippen LogP contribution in [0.4, 0.5) is 0 Å². The zero-order chi connectivity index (χ0) is 14.0. The zero-order valence-electron chi connectivity index (χ0n) is 11.6. The lowest BCUT2D eigenvalue weighted by atomic mass is 10.2. The molecule has 2 aromatic rings. The van der Waals surface area contributed by atoms with Gasteiger partial charge in [0.15, 0.2) is 10.8 Å². The van der Waals surface area contributed by atoms with Crippen molar-refractivity contribution in [2.24, 2.45) is 0 Å². The van der Waals surface area contributed by atoms with E-state index in [1.165, 1.54) is 11.3 Å². The number of furan rings is 1. The molecule has 0 aliphatic rings. The highest BCUT2D eigenvalue weighted by atomic mass is 32.1. The average molecular weight is 278 g/mol. The van der Waals surface area contributed by atoms with Gasteiger partial charge in [-0.2, -0.15) is 0 Å². The molecule has 0 saturated heterocycles. The topological polar surface area (TPSA) is 46.3 Å². The van der Waals surface area contributed by atoms with Crippen LogP contribution < -0.4 is 0 Å². The molecule has 0 bridgehead atoms. The number of carbonyl (C=O) groups excluding carboxylic acids is 1. The predicted molar refractivity (Wildman–Crippen MR) is 76.4 cm³/mol. The van der Waals surface area contributed by atoms with Gasteiger partial charge >= 0.3 is 0 Å². The van der Waals surface area contributed by atoms with Crippen LogP contribution in [0.2, 0.25) is 0 Å². The number of thiazole rings is 1. The van der Waals surface area contributed by atoms with Crippen molar-refractivity contribution >= 4 is 17.2 Å². The molecule has 0 saturated carbocycles. The predicted octanol–water partition coefficient (Wildman–Crippen LogP) is 3.58. The van der Waals surface area contributed by atoms with Crippen LogP contribution in [-0.4, -0.2) is 28.9 Å². The molecule has 19 heavy (non-hydrogen) atoms. The third-order valence-corrected chi connectivity index (χ3v) is 4.29. The first-order valence-corrected chi connectivity index (χ1v) is 7.14. The van der Waals surface area contributed by atoms with E-state index in [1.807, 2.05) is 33.0 Å². The Kier molecular flexibility index (Phi) is 4.04. The van der Waals surface area contributed by atoms with Gasteiger partial charge in [0.1, 0.15) is 5.69 Å². The maximum absolute atomic E-state index is 12.4.